The minimum atomic E-state index is -0.246. The summed E-state index contributed by atoms with van der Waals surface area (Å²) >= 11 is 0. The van der Waals surface area contributed by atoms with Gasteiger partial charge in [0.05, 0.1) is 18.0 Å². The second-order valence-electron chi connectivity index (χ2n) is 6.47. The van der Waals surface area contributed by atoms with Crippen molar-refractivity contribution >= 4 is 5.91 Å². The van der Waals surface area contributed by atoms with Crippen LogP contribution in [-0.4, -0.2) is 53.8 Å². The highest BCUT2D eigenvalue weighted by atomic mass is 16.5. The van der Waals surface area contributed by atoms with Gasteiger partial charge >= 0.3 is 0 Å². The van der Waals surface area contributed by atoms with Crippen molar-refractivity contribution in [3.63, 3.8) is 0 Å². The summed E-state index contributed by atoms with van der Waals surface area (Å²) in [6.45, 7) is 3.25. The van der Waals surface area contributed by atoms with Crippen molar-refractivity contribution in [2.45, 2.75) is 25.8 Å². The van der Waals surface area contributed by atoms with Gasteiger partial charge in [-0.15, -0.1) is 5.10 Å². The molecule has 1 amide bonds. The molecule has 26 heavy (non-hydrogen) atoms. The smallest absolute Gasteiger partial charge is 0.273 e. The number of carbonyl (C=O) groups is 1. The van der Waals surface area contributed by atoms with Crippen LogP contribution >= 0.6 is 0 Å². The van der Waals surface area contributed by atoms with Crippen LogP contribution in [0.3, 0.4) is 0 Å². The van der Waals surface area contributed by atoms with Crippen LogP contribution in [0.5, 0.6) is 5.75 Å². The maximum atomic E-state index is 12.3. The van der Waals surface area contributed by atoms with Gasteiger partial charge < -0.3 is 20.5 Å². The Morgan fingerprint density at radius 2 is 2.04 bits per heavy atom. The maximum Gasteiger partial charge on any atom is 0.273 e. The third-order valence-electron chi connectivity index (χ3n) is 4.35. The standard InChI is InChI=1S/C18H25N5O3/c1-12-17(18(24)20-11-16(19)13-3-4-13)22-23(21-12)14-5-7-15(8-6-14)26-10-9-25-2/h5-8,13,16H,3-4,9-11,19H2,1-2H3,(H,20,24). The Hall–Kier alpha value is -2.45. The van der Waals surface area contributed by atoms with E-state index in [1.807, 2.05) is 24.3 Å². The molecule has 1 aliphatic rings. The molecular weight excluding hydrogens is 334 g/mol. The van der Waals surface area contributed by atoms with Gasteiger partial charge in [0.1, 0.15) is 12.4 Å². The van der Waals surface area contributed by atoms with E-state index in [4.69, 9.17) is 15.2 Å². The largest absolute Gasteiger partial charge is 0.491 e. The highest BCUT2D eigenvalue weighted by Gasteiger charge is 2.29. The second kappa shape index (κ2) is 8.29. The molecule has 2 aromatic rings. The SMILES string of the molecule is COCCOc1ccc(-n2nc(C)c(C(=O)NCC(N)C3CC3)n2)cc1. The van der Waals surface area contributed by atoms with Crippen LogP contribution in [-0.2, 0) is 4.74 Å². The highest BCUT2D eigenvalue weighted by Crippen LogP contribution is 2.31. The number of hydrogen-bond acceptors (Lipinski definition) is 6. The number of hydrogen-bond donors (Lipinski definition) is 2. The van der Waals surface area contributed by atoms with Crippen molar-refractivity contribution in [3.8, 4) is 11.4 Å². The normalized spacial score (nSPS) is 14.9. The number of ether oxygens (including phenoxy) is 2. The minimum Gasteiger partial charge on any atom is -0.491 e. The van der Waals surface area contributed by atoms with Crippen LogP contribution in [0.2, 0.25) is 0 Å². The number of benzene rings is 1. The molecule has 1 heterocycles. The van der Waals surface area contributed by atoms with Gasteiger partial charge in [0.25, 0.3) is 5.91 Å². The molecule has 8 heteroatoms. The monoisotopic (exact) mass is 359 g/mol. The van der Waals surface area contributed by atoms with Gasteiger partial charge in [-0.25, -0.2) is 0 Å². The number of rotatable bonds is 9. The van der Waals surface area contributed by atoms with Gasteiger partial charge in [0.15, 0.2) is 5.69 Å². The number of aryl methyl sites for hydroxylation is 1. The van der Waals surface area contributed by atoms with Crippen LogP contribution in [0, 0.1) is 12.8 Å². The number of amides is 1. The lowest BCUT2D eigenvalue weighted by molar-refractivity contribution is 0.0944. The van der Waals surface area contributed by atoms with E-state index in [1.54, 1.807) is 14.0 Å². The van der Waals surface area contributed by atoms with Crippen molar-refractivity contribution in [2.24, 2.45) is 11.7 Å². The van der Waals surface area contributed by atoms with Crippen molar-refractivity contribution in [3.05, 3.63) is 35.7 Å². The number of nitrogens with two attached hydrogens (primary N) is 1. The summed E-state index contributed by atoms with van der Waals surface area (Å²) in [5.74, 6) is 1.03. The number of carbonyl (C=O) groups excluding carboxylic acids is 1. The molecule has 0 aliphatic heterocycles. The summed E-state index contributed by atoms with van der Waals surface area (Å²) in [5.41, 5.74) is 7.66. The van der Waals surface area contributed by atoms with Gasteiger partial charge in [-0.2, -0.15) is 9.90 Å². The number of methoxy groups -OCH3 is 1. The predicted molar refractivity (Wildman–Crippen MR) is 96.5 cm³/mol. The Bertz CT molecular complexity index is 740. The Kier molecular flexibility index (Phi) is 5.85. The average molecular weight is 359 g/mol. The molecule has 0 spiro atoms. The third kappa shape index (κ3) is 4.59. The summed E-state index contributed by atoms with van der Waals surface area (Å²) in [6, 6.07) is 7.36. The molecule has 1 unspecified atom stereocenters. The average Bonchev–Trinajstić information content (AvgIpc) is 3.42. The first-order chi connectivity index (χ1) is 12.6. The zero-order valence-electron chi connectivity index (χ0n) is 15.1. The van der Waals surface area contributed by atoms with Crippen LogP contribution in [0.15, 0.2) is 24.3 Å². The molecule has 1 saturated carbocycles. The molecular formula is C18H25N5O3. The fourth-order valence-electron chi connectivity index (χ4n) is 2.61. The fourth-order valence-corrected chi connectivity index (χ4v) is 2.61. The van der Waals surface area contributed by atoms with Crippen LogP contribution in [0.25, 0.3) is 5.69 Å². The van der Waals surface area contributed by atoms with Gasteiger partial charge in [0, 0.05) is 19.7 Å². The summed E-state index contributed by atoms with van der Waals surface area (Å²) in [6.07, 6.45) is 2.30. The van der Waals surface area contributed by atoms with E-state index in [2.05, 4.69) is 15.5 Å². The van der Waals surface area contributed by atoms with Crippen LogP contribution in [0.4, 0.5) is 0 Å². The summed E-state index contributed by atoms with van der Waals surface area (Å²) in [4.78, 5) is 13.8. The van der Waals surface area contributed by atoms with E-state index in [0.717, 1.165) is 24.3 Å². The lowest BCUT2D eigenvalue weighted by atomic mass is 10.2. The molecule has 3 N–H and O–H groups in total. The number of aromatic nitrogens is 3. The summed E-state index contributed by atoms with van der Waals surface area (Å²) in [5, 5.41) is 11.5. The zero-order valence-corrected chi connectivity index (χ0v) is 15.1. The van der Waals surface area contributed by atoms with Crippen molar-refractivity contribution < 1.29 is 14.3 Å². The highest BCUT2D eigenvalue weighted by molar-refractivity contribution is 5.93. The molecule has 1 atom stereocenters. The Balaban J connectivity index is 1.62. The van der Waals surface area contributed by atoms with E-state index in [0.29, 0.717) is 37.1 Å². The molecule has 1 fully saturated rings. The lowest BCUT2D eigenvalue weighted by Crippen LogP contribution is -2.38. The topological polar surface area (TPSA) is 104 Å². The second-order valence-corrected chi connectivity index (χ2v) is 6.47. The van der Waals surface area contributed by atoms with Gasteiger partial charge in [-0.05, 0) is 49.9 Å². The summed E-state index contributed by atoms with van der Waals surface area (Å²) in [7, 11) is 1.63. The molecule has 0 saturated heterocycles. The fraction of sp³-hybridized carbons (Fsp3) is 0.500. The van der Waals surface area contributed by atoms with Crippen molar-refractivity contribution in [1.82, 2.24) is 20.3 Å². The molecule has 1 aliphatic carbocycles. The van der Waals surface area contributed by atoms with Crippen LogP contribution in [0.1, 0.15) is 29.0 Å². The first kappa shape index (κ1) is 18.3. The number of nitrogens with zero attached hydrogens (tertiary/aromatic N) is 3. The van der Waals surface area contributed by atoms with Crippen molar-refractivity contribution in [1.29, 1.82) is 0 Å². The van der Waals surface area contributed by atoms with Crippen LogP contribution < -0.4 is 15.8 Å². The Morgan fingerprint density at radius 1 is 1.31 bits per heavy atom. The summed E-state index contributed by atoms with van der Waals surface area (Å²) < 4.78 is 10.5. The first-order valence-electron chi connectivity index (χ1n) is 8.78. The van der Waals surface area contributed by atoms with E-state index in [9.17, 15) is 4.79 Å². The van der Waals surface area contributed by atoms with E-state index >= 15 is 0 Å². The zero-order chi connectivity index (χ0) is 18.5. The van der Waals surface area contributed by atoms with Crippen molar-refractivity contribution in [2.75, 3.05) is 26.9 Å². The Morgan fingerprint density at radius 3 is 2.69 bits per heavy atom. The lowest BCUT2D eigenvalue weighted by Gasteiger charge is -2.10. The van der Waals surface area contributed by atoms with Gasteiger partial charge in [-0.3, -0.25) is 4.79 Å². The predicted octanol–water partition coefficient (Wildman–Crippen LogP) is 1.07. The van der Waals surface area contributed by atoms with E-state index < -0.39 is 0 Å². The quantitative estimate of drug-likeness (QED) is 0.649. The van der Waals surface area contributed by atoms with Gasteiger partial charge in [0.2, 0.25) is 0 Å². The molecule has 140 valence electrons. The number of nitrogens with one attached hydrogen (secondary N) is 1. The first-order valence-corrected chi connectivity index (χ1v) is 8.78. The molecule has 1 aromatic carbocycles. The molecule has 1 aromatic heterocycles. The van der Waals surface area contributed by atoms with Gasteiger partial charge in [-0.1, -0.05) is 0 Å². The maximum absolute atomic E-state index is 12.3. The van der Waals surface area contributed by atoms with E-state index in [1.165, 1.54) is 4.80 Å². The molecule has 0 radical (unpaired) electrons. The molecule has 0 bridgehead atoms. The third-order valence-corrected chi connectivity index (χ3v) is 4.35. The molecule has 3 rings (SSSR count). The minimum absolute atomic E-state index is 0.0138. The Labute approximate surface area is 152 Å². The molecule has 8 nitrogen and oxygen atoms in total. The van der Waals surface area contributed by atoms with E-state index in [-0.39, 0.29) is 11.9 Å².